The highest BCUT2D eigenvalue weighted by molar-refractivity contribution is 5.96. The Balaban J connectivity index is 1.39. The van der Waals surface area contributed by atoms with E-state index in [9.17, 15) is 19.5 Å². The van der Waals surface area contributed by atoms with Gasteiger partial charge in [-0.3, -0.25) is 9.59 Å². The van der Waals surface area contributed by atoms with Gasteiger partial charge in [-0.15, -0.1) is 0 Å². The van der Waals surface area contributed by atoms with Gasteiger partial charge in [0.25, 0.3) is 0 Å². The van der Waals surface area contributed by atoms with Gasteiger partial charge in [-0.1, -0.05) is 121 Å². The highest BCUT2D eigenvalue weighted by Crippen LogP contribution is 2.42. The molecule has 6 heteroatoms. The van der Waals surface area contributed by atoms with Crippen LogP contribution in [0.3, 0.4) is 0 Å². The molecule has 0 saturated carbocycles. The number of piperazine rings is 1. The Morgan fingerprint density at radius 3 is 1.62 bits per heavy atom. The lowest BCUT2D eigenvalue weighted by Gasteiger charge is -2.48. The zero-order valence-corrected chi connectivity index (χ0v) is 23.5. The molecule has 6 nitrogen and oxygen atoms in total. The molecule has 1 N–H and O–H groups in total. The number of carbonyl (C=O) groups is 3. The van der Waals surface area contributed by atoms with Crippen LogP contribution in [-0.2, 0) is 19.8 Å². The Labute approximate surface area is 246 Å². The monoisotopic (exact) mass is 558 g/mol. The van der Waals surface area contributed by atoms with E-state index in [2.05, 4.69) is 0 Å². The standard InChI is InChI=1S/C36H34N2O4/c1-36(27-18-10-4-11-19-27,28-20-12-5-13-21-28)35(42)37-24-29-22-23-30(32(37)34(40)41)38(29)33(39)31(25-14-6-2-7-15-25)26-16-8-3-9-17-26/h2-21,29-32H,22-24H2,1H3,(H,40,41)/t29-,30?,32-/m0/s1. The van der Waals surface area contributed by atoms with Gasteiger partial charge in [-0.25, -0.2) is 4.79 Å². The maximum atomic E-state index is 14.7. The third-order valence-corrected chi connectivity index (χ3v) is 9.07. The van der Waals surface area contributed by atoms with E-state index < -0.39 is 29.4 Å². The predicted molar refractivity (Wildman–Crippen MR) is 161 cm³/mol. The first-order chi connectivity index (χ1) is 20.4. The fourth-order valence-corrected chi connectivity index (χ4v) is 6.96. The Hall–Kier alpha value is -4.71. The fourth-order valence-electron chi connectivity index (χ4n) is 6.96. The molecule has 2 amide bonds. The average Bonchev–Trinajstić information content (AvgIpc) is 3.34. The molecular weight excluding hydrogens is 524 g/mol. The van der Waals surface area contributed by atoms with Crippen LogP contribution in [0.15, 0.2) is 121 Å². The number of carboxylic acid groups (broad SMARTS) is 1. The van der Waals surface area contributed by atoms with Gasteiger partial charge in [-0.05, 0) is 42.0 Å². The first-order valence-corrected chi connectivity index (χ1v) is 14.5. The van der Waals surface area contributed by atoms with Crippen molar-refractivity contribution in [2.24, 2.45) is 0 Å². The number of amides is 2. The number of likely N-dealkylation sites (tertiary alicyclic amines) is 1. The molecule has 0 spiro atoms. The number of benzene rings is 4. The summed E-state index contributed by atoms with van der Waals surface area (Å²) in [5.74, 6) is -2.04. The molecule has 4 aromatic rings. The smallest absolute Gasteiger partial charge is 0.328 e. The van der Waals surface area contributed by atoms with Crippen molar-refractivity contribution in [1.82, 2.24) is 9.80 Å². The number of aliphatic carboxylic acids is 1. The molecule has 0 radical (unpaired) electrons. The number of carboxylic acids is 1. The van der Waals surface area contributed by atoms with Gasteiger partial charge in [0, 0.05) is 12.6 Å². The Morgan fingerprint density at radius 2 is 1.17 bits per heavy atom. The molecule has 2 heterocycles. The molecule has 2 bridgehead atoms. The Kier molecular flexibility index (Phi) is 7.38. The summed E-state index contributed by atoms with van der Waals surface area (Å²) in [7, 11) is 0. The van der Waals surface area contributed by atoms with E-state index in [4.69, 9.17) is 0 Å². The second-order valence-corrected chi connectivity index (χ2v) is 11.4. The summed E-state index contributed by atoms with van der Waals surface area (Å²) in [4.78, 5) is 45.5. The van der Waals surface area contributed by atoms with Crippen molar-refractivity contribution >= 4 is 17.8 Å². The summed E-state index contributed by atoms with van der Waals surface area (Å²) >= 11 is 0. The minimum absolute atomic E-state index is 0.118. The largest absolute Gasteiger partial charge is 0.480 e. The molecule has 4 aromatic carbocycles. The van der Waals surface area contributed by atoms with Crippen molar-refractivity contribution in [1.29, 1.82) is 0 Å². The number of rotatable bonds is 7. The first-order valence-electron chi connectivity index (χ1n) is 14.5. The maximum absolute atomic E-state index is 14.7. The van der Waals surface area contributed by atoms with Crippen LogP contribution in [0.4, 0.5) is 0 Å². The van der Waals surface area contributed by atoms with Crippen LogP contribution in [0.25, 0.3) is 0 Å². The SMILES string of the molecule is CC(C(=O)N1C[C@@H]2CCC([C@H]1C(=O)O)N2C(=O)C(c1ccccc1)c1ccccc1)(c1ccccc1)c1ccccc1. The molecule has 1 unspecified atom stereocenters. The van der Waals surface area contributed by atoms with E-state index in [0.29, 0.717) is 12.8 Å². The van der Waals surface area contributed by atoms with Crippen LogP contribution < -0.4 is 0 Å². The van der Waals surface area contributed by atoms with Gasteiger partial charge in [0.1, 0.15) is 6.04 Å². The van der Waals surface area contributed by atoms with E-state index in [1.54, 1.807) is 4.90 Å². The van der Waals surface area contributed by atoms with E-state index in [1.165, 1.54) is 4.90 Å². The highest BCUT2D eigenvalue weighted by atomic mass is 16.4. The van der Waals surface area contributed by atoms with E-state index in [1.807, 2.05) is 128 Å². The van der Waals surface area contributed by atoms with Crippen molar-refractivity contribution in [3.8, 4) is 0 Å². The van der Waals surface area contributed by atoms with Gasteiger partial charge in [0.2, 0.25) is 11.8 Å². The van der Waals surface area contributed by atoms with Gasteiger partial charge in [0.15, 0.2) is 0 Å². The second kappa shape index (κ2) is 11.3. The topological polar surface area (TPSA) is 77.9 Å². The van der Waals surface area contributed by atoms with Crippen molar-refractivity contribution < 1.29 is 19.5 Å². The third kappa shape index (κ3) is 4.67. The molecule has 2 aliphatic heterocycles. The lowest BCUT2D eigenvalue weighted by molar-refractivity contribution is -0.163. The van der Waals surface area contributed by atoms with E-state index >= 15 is 0 Å². The zero-order chi connectivity index (χ0) is 29.3. The summed E-state index contributed by atoms with van der Waals surface area (Å²) in [5.41, 5.74) is 2.21. The van der Waals surface area contributed by atoms with Crippen LogP contribution in [-0.4, -0.2) is 57.4 Å². The van der Waals surface area contributed by atoms with Crippen molar-refractivity contribution in [3.05, 3.63) is 144 Å². The quantitative estimate of drug-likeness (QED) is 0.326. The maximum Gasteiger partial charge on any atom is 0.328 e. The van der Waals surface area contributed by atoms with Crippen LogP contribution in [0.2, 0.25) is 0 Å². The molecule has 42 heavy (non-hydrogen) atoms. The normalized spacial score (nSPS) is 20.0. The van der Waals surface area contributed by atoms with E-state index in [0.717, 1.165) is 22.3 Å². The van der Waals surface area contributed by atoms with Gasteiger partial charge in [0.05, 0.1) is 17.4 Å². The van der Waals surface area contributed by atoms with Crippen molar-refractivity contribution in [2.75, 3.05) is 6.54 Å². The summed E-state index contributed by atoms with van der Waals surface area (Å²) in [6, 6.07) is 36.3. The number of fused-ring (bicyclic) bond motifs is 2. The van der Waals surface area contributed by atoms with E-state index in [-0.39, 0.29) is 24.4 Å². The van der Waals surface area contributed by atoms with Crippen LogP contribution >= 0.6 is 0 Å². The molecule has 6 rings (SSSR count). The lowest BCUT2D eigenvalue weighted by atomic mass is 9.74. The fraction of sp³-hybridized carbons (Fsp3) is 0.250. The Morgan fingerprint density at radius 1 is 0.714 bits per heavy atom. The number of carbonyl (C=O) groups excluding carboxylic acids is 2. The minimum Gasteiger partial charge on any atom is -0.480 e. The first kappa shape index (κ1) is 27.5. The van der Waals surface area contributed by atoms with Crippen LogP contribution in [0, 0.1) is 0 Å². The van der Waals surface area contributed by atoms with Crippen molar-refractivity contribution in [3.63, 3.8) is 0 Å². The van der Waals surface area contributed by atoms with Crippen LogP contribution in [0.5, 0.6) is 0 Å². The highest BCUT2D eigenvalue weighted by Gasteiger charge is 2.56. The molecule has 0 aliphatic carbocycles. The number of hydrogen-bond donors (Lipinski definition) is 1. The predicted octanol–water partition coefficient (Wildman–Crippen LogP) is 5.48. The second-order valence-electron chi connectivity index (χ2n) is 11.4. The number of nitrogens with zero attached hydrogens (tertiary/aromatic N) is 2. The summed E-state index contributed by atoms with van der Waals surface area (Å²) in [6.07, 6.45) is 1.18. The third-order valence-electron chi connectivity index (χ3n) is 9.07. The van der Waals surface area contributed by atoms with Crippen molar-refractivity contribution in [2.45, 2.75) is 49.2 Å². The molecule has 2 saturated heterocycles. The van der Waals surface area contributed by atoms with Gasteiger partial charge >= 0.3 is 5.97 Å². The Bertz CT molecular complexity index is 1480. The van der Waals surface area contributed by atoms with Gasteiger partial charge in [-0.2, -0.15) is 0 Å². The molecule has 3 atom stereocenters. The van der Waals surface area contributed by atoms with Gasteiger partial charge < -0.3 is 14.9 Å². The number of hydrogen-bond acceptors (Lipinski definition) is 3. The lowest BCUT2D eigenvalue weighted by Crippen LogP contribution is -2.67. The molecule has 0 aromatic heterocycles. The molecule has 2 aliphatic rings. The minimum atomic E-state index is -1.15. The summed E-state index contributed by atoms with van der Waals surface area (Å²) in [6.45, 7) is 2.04. The summed E-state index contributed by atoms with van der Waals surface area (Å²) < 4.78 is 0. The zero-order valence-electron chi connectivity index (χ0n) is 23.5. The molecular formula is C36H34N2O4. The summed E-state index contributed by atoms with van der Waals surface area (Å²) in [5, 5.41) is 10.6. The average molecular weight is 559 g/mol. The molecule has 2 fully saturated rings. The molecule has 212 valence electrons. The van der Waals surface area contributed by atoms with Crippen LogP contribution in [0.1, 0.15) is 47.9 Å².